The Balaban J connectivity index is 1.75. The molecule has 1 aromatic heterocycles. The number of alkyl halides is 3. The molecule has 0 saturated carbocycles. The summed E-state index contributed by atoms with van der Waals surface area (Å²) in [5.74, 6) is -1.01. The van der Waals surface area contributed by atoms with Crippen LogP contribution >= 0.6 is 0 Å². The Kier molecular flexibility index (Phi) is 4.85. The average molecular weight is 468 g/mol. The van der Waals surface area contributed by atoms with Gasteiger partial charge in [-0.25, -0.2) is 9.97 Å². The molecule has 5 rings (SSSR count). The van der Waals surface area contributed by atoms with E-state index in [0.29, 0.717) is 22.6 Å². The first-order valence-corrected chi connectivity index (χ1v) is 10.5. The van der Waals surface area contributed by atoms with Crippen LogP contribution in [0.3, 0.4) is 0 Å². The van der Waals surface area contributed by atoms with Crippen molar-refractivity contribution in [1.29, 1.82) is 0 Å². The Morgan fingerprint density at radius 2 is 1.74 bits per heavy atom. The largest absolute Gasteiger partial charge is 0.447 e. The van der Waals surface area contributed by atoms with Crippen molar-refractivity contribution in [2.45, 2.75) is 31.7 Å². The van der Waals surface area contributed by atoms with Crippen LogP contribution in [-0.2, 0) is 21.3 Å². The van der Waals surface area contributed by atoms with Crippen molar-refractivity contribution in [2.24, 2.45) is 0 Å². The normalized spacial score (nSPS) is 21.7. The smallest absolute Gasteiger partial charge is 0.416 e. The van der Waals surface area contributed by atoms with E-state index in [2.05, 4.69) is 15.3 Å². The number of nitrogens with zero attached hydrogens (tertiary/aromatic N) is 3. The molecule has 0 bridgehead atoms. The number of carbonyl (C=O) groups excluding carboxylic acids is 2. The molecule has 1 N–H and O–H groups in total. The van der Waals surface area contributed by atoms with Crippen LogP contribution in [0.1, 0.15) is 28.1 Å². The summed E-state index contributed by atoms with van der Waals surface area (Å²) in [7, 11) is 0. The van der Waals surface area contributed by atoms with Crippen molar-refractivity contribution < 1.29 is 27.5 Å². The van der Waals surface area contributed by atoms with Gasteiger partial charge in [0, 0.05) is 22.6 Å². The molecule has 2 aromatic carbocycles. The van der Waals surface area contributed by atoms with E-state index >= 15 is 0 Å². The number of para-hydroxylation sites is 1. The highest BCUT2D eigenvalue weighted by atomic mass is 19.4. The Labute approximate surface area is 192 Å². The van der Waals surface area contributed by atoms with E-state index < -0.39 is 35.2 Å². The fraction of sp³-hybridized carbons (Fsp3) is 0.250. The molecule has 3 heterocycles. The number of β-lactam (4-membered cyclic amide) rings is 1. The molecule has 2 aliphatic rings. The molecule has 0 radical (unpaired) electrons. The lowest BCUT2D eigenvalue weighted by Gasteiger charge is -2.55. The Bertz CT molecular complexity index is 1310. The first-order chi connectivity index (χ1) is 16.1. The average Bonchev–Trinajstić information content (AvgIpc) is 2.89. The molecule has 0 spiro atoms. The second kappa shape index (κ2) is 7.54. The number of rotatable bonds is 3. The van der Waals surface area contributed by atoms with E-state index in [9.17, 15) is 22.8 Å². The minimum absolute atomic E-state index is 0.0668. The summed E-state index contributed by atoms with van der Waals surface area (Å²) in [5, 5.41) is 2.74. The summed E-state index contributed by atoms with van der Waals surface area (Å²) in [4.78, 5) is 35.6. The molecular weight excluding hydrogens is 449 g/mol. The fourth-order valence-electron chi connectivity index (χ4n) is 4.70. The Hall–Kier alpha value is -3.95. The fourth-order valence-corrected chi connectivity index (χ4v) is 4.70. The number of halogens is 3. The molecule has 3 aromatic rings. The minimum atomic E-state index is -4.60. The van der Waals surface area contributed by atoms with Crippen molar-refractivity contribution in [3.63, 3.8) is 0 Å². The van der Waals surface area contributed by atoms with Crippen LogP contribution in [0.15, 0.2) is 54.6 Å². The van der Waals surface area contributed by atoms with E-state index in [1.807, 2.05) is 0 Å². The van der Waals surface area contributed by atoms with Crippen LogP contribution in [0.4, 0.5) is 18.9 Å². The lowest BCUT2D eigenvalue weighted by molar-refractivity contribution is -0.178. The van der Waals surface area contributed by atoms with Gasteiger partial charge in [0.1, 0.15) is 12.1 Å². The van der Waals surface area contributed by atoms with Crippen LogP contribution in [0.5, 0.6) is 6.01 Å². The van der Waals surface area contributed by atoms with Crippen LogP contribution in [-0.4, -0.2) is 39.3 Å². The Morgan fingerprint density at radius 3 is 2.44 bits per heavy atom. The molecule has 1 saturated heterocycles. The zero-order valence-corrected chi connectivity index (χ0v) is 18.2. The summed E-state index contributed by atoms with van der Waals surface area (Å²) < 4.78 is 46.9. The molecule has 0 aliphatic carbocycles. The number of nitrogens with one attached hydrogen (secondary N) is 1. The van der Waals surface area contributed by atoms with Crippen LogP contribution in [0.2, 0.25) is 0 Å². The SMILES string of the molecule is Cc1cc(C)nc(O[C@@H]2C(=O)N3CC(=O)Nc4ccccc4[C@]23c2cccc(C(F)(F)F)c2)n1. The van der Waals surface area contributed by atoms with Crippen LogP contribution in [0, 0.1) is 13.8 Å². The number of anilines is 1. The predicted molar refractivity (Wildman–Crippen MR) is 115 cm³/mol. The molecule has 174 valence electrons. The van der Waals surface area contributed by atoms with Crippen molar-refractivity contribution in [2.75, 3.05) is 11.9 Å². The highest BCUT2D eigenvalue weighted by molar-refractivity contribution is 6.03. The lowest BCUT2D eigenvalue weighted by atomic mass is 9.69. The molecule has 34 heavy (non-hydrogen) atoms. The zero-order chi connectivity index (χ0) is 24.3. The second-order valence-electron chi connectivity index (χ2n) is 8.29. The molecule has 1 fully saturated rings. The van der Waals surface area contributed by atoms with E-state index in [1.54, 1.807) is 44.2 Å². The van der Waals surface area contributed by atoms with Gasteiger partial charge in [0.05, 0.1) is 5.56 Å². The number of aromatic nitrogens is 2. The molecule has 2 atom stereocenters. The van der Waals surface area contributed by atoms with Crippen molar-refractivity contribution in [3.05, 3.63) is 82.7 Å². The van der Waals surface area contributed by atoms with Gasteiger partial charge in [-0.2, -0.15) is 13.2 Å². The van der Waals surface area contributed by atoms with Gasteiger partial charge in [0.25, 0.3) is 5.91 Å². The van der Waals surface area contributed by atoms with Gasteiger partial charge in [-0.05, 0) is 43.7 Å². The molecular formula is C24H19F3N4O3. The maximum Gasteiger partial charge on any atom is 0.416 e. The quantitative estimate of drug-likeness (QED) is 0.594. The third-order valence-electron chi connectivity index (χ3n) is 6.02. The summed E-state index contributed by atoms with van der Waals surface area (Å²) in [6.45, 7) is 3.13. The van der Waals surface area contributed by atoms with Gasteiger partial charge in [-0.15, -0.1) is 0 Å². The Morgan fingerprint density at radius 1 is 1.03 bits per heavy atom. The molecule has 7 nitrogen and oxygen atoms in total. The minimum Gasteiger partial charge on any atom is -0.447 e. The topological polar surface area (TPSA) is 84.4 Å². The van der Waals surface area contributed by atoms with Gasteiger partial charge in [-0.1, -0.05) is 30.3 Å². The van der Waals surface area contributed by atoms with Crippen molar-refractivity contribution in [3.8, 4) is 6.01 Å². The lowest BCUT2D eigenvalue weighted by Crippen LogP contribution is -2.74. The van der Waals surface area contributed by atoms with E-state index in [1.165, 1.54) is 17.0 Å². The van der Waals surface area contributed by atoms with E-state index in [0.717, 1.165) is 12.1 Å². The third-order valence-corrected chi connectivity index (χ3v) is 6.02. The van der Waals surface area contributed by atoms with Gasteiger partial charge in [0.2, 0.25) is 12.0 Å². The summed E-state index contributed by atoms with van der Waals surface area (Å²) in [5.41, 5.74) is -0.171. The molecule has 0 unspecified atom stereocenters. The zero-order valence-electron chi connectivity index (χ0n) is 18.2. The summed E-state index contributed by atoms with van der Waals surface area (Å²) in [6, 6.07) is 13.1. The number of ether oxygens (including phenoxy) is 1. The number of fused-ring (bicyclic) bond motifs is 3. The number of aryl methyl sites for hydroxylation is 2. The number of amides is 2. The standard InChI is InChI=1S/C24H19F3N4O3/c1-13-10-14(2)29-22(28-13)34-20-21(33)31-12-19(32)30-18-9-4-3-8-17(18)23(20,31)15-6-5-7-16(11-15)24(25,26)27/h3-11,20H,12H2,1-2H3,(H,30,32)/t20-,23-/m1/s1. The van der Waals surface area contributed by atoms with Crippen LogP contribution < -0.4 is 10.1 Å². The third kappa shape index (κ3) is 3.28. The van der Waals surface area contributed by atoms with Crippen molar-refractivity contribution in [1.82, 2.24) is 14.9 Å². The van der Waals surface area contributed by atoms with E-state index in [-0.39, 0.29) is 18.1 Å². The number of hydrogen-bond acceptors (Lipinski definition) is 5. The maximum absolute atomic E-state index is 13.6. The first kappa shape index (κ1) is 21.9. The molecule has 2 amide bonds. The number of benzene rings is 2. The van der Waals surface area contributed by atoms with Crippen LogP contribution in [0.25, 0.3) is 0 Å². The van der Waals surface area contributed by atoms with Gasteiger partial charge in [0.15, 0.2) is 0 Å². The number of hydrogen-bond donors (Lipinski definition) is 1. The van der Waals surface area contributed by atoms with E-state index in [4.69, 9.17) is 4.74 Å². The van der Waals surface area contributed by atoms with Gasteiger partial charge >= 0.3 is 12.2 Å². The molecule has 10 heteroatoms. The predicted octanol–water partition coefficient (Wildman–Crippen LogP) is 3.60. The van der Waals surface area contributed by atoms with Gasteiger partial charge < -0.3 is 15.0 Å². The number of carbonyl (C=O) groups is 2. The second-order valence-corrected chi connectivity index (χ2v) is 8.29. The highest BCUT2D eigenvalue weighted by Gasteiger charge is 2.66. The molecule has 2 aliphatic heterocycles. The first-order valence-electron chi connectivity index (χ1n) is 10.5. The summed E-state index contributed by atoms with van der Waals surface area (Å²) >= 11 is 0. The monoisotopic (exact) mass is 468 g/mol. The summed E-state index contributed by atoms with van der Waals surface area (Å²) in [6.07, 6.45) is -5.89. The maximum atomic E-state index is 13.6. The van der Waals surface area contributed by atoms with Crippen molar-refractivity contribution >= 4 is 17.5 Å². The van der Waals surface area contributed by atoms with Gasteiger partial charge in [-0.3, -0.25) is 9.59 Å². The highest BCUT2D eigenvalue weighted by Crippen LogP contribution is 2.52.